The average molecular weight is 1050 g/mol. The number of hydrogen-bond donors (Lipinski definition) is 0. The number of carbonyl (C=O) groups is 3. The molecule has 6 heteroatoms. The van der Waals surface area contributed by atoms with Crippen molar-refractivity contribution in [1.82, 2.24) is 0 Å². The van der Waals surface area contributed by atoms with Crippen LogP contribution in [0.25, 0.3) is 0 Å². The molecule has 0 amide bonds. The highest BCUT2D eigenvalue weighted by molar-refractivity contribution is 5.71. The van der Waals surface area contributed by atoms with E-state index in [1.54, 1.807) is 0 Å². The number of carbonyl (C=O) groups excluding carboxylic acids is 3. The van der Waals surface area contributed by atoms with Crippen LogP contribution in [0.3, 0.4) is 0 Å². The topological polar surface area (TPSA) is 78.9 Å². The first-order valence-electron chi connectivity index (χ1n) is 31.2. The van der Waals surface area contributed by atoms with E-state index in [4.69, 9.17) is 14.2 Å². The van der Waals surface area contributed by atoms with Crippen molar-refractivity contribution in [2.24, 2.45) is 0 Å². The summed E-state index contributed by atoms with van der Waals surface area (Å²) in [5, 5.41) is 0. The Morgan fingerprint density at radius 2 is 0.513 bits per heavy atom. The first kappa shape index (κ1) is 71.5. The lowest BCUT2D eigenvalue weighted by molar-refractivity contribution is -0.167. The van der Waals surface area contributed by atoms with Crippen molar-refractivity contribution in [2.75, 3.05) is 13.2 Å². The largest absolute Gasteiger partial charge is 0.462 e. The SMILES string of the molecule is CC/C=C\C/C=C\C/C=C\C/C=C\C/C=C\C/C=C\C/C=C\C/C=C\C/C=C\CCCCCC(=O)OCC(COC(=O)CCCCCCC/C=C\CCCCC)OC(=O)CCCCCCC/C=C\CCCCCCCC. The predicted molar refractivity (Wildman–Crippen MR) is 329 cm³/mol. The molecule has 0 rings (SSSR count). The molecule has 0 N–H and O–H groups in total. The normalized spacial score (nSPS) is 13.0. The standard InChI is InChI=1S/C70H114O6/c1-4-7-10-13-16-19-22-25-27-28-29-30-31-32-33-34-35-36-37-38-39-40-41-42-44-45-48-51-54-57-60-63-69(72)75-66-67(65-74-68(71)62-59-56-53-50-47-24-21-18-15-12-9-6-3)76-70(73)64-61-58-55-52-49-46-43-26-23-20-17-14-11-8-5-2/h7,10,16,18-19,21,25-27,29-30,32-33,35-36,38-39,41-43,45,48,67H,4-6,8-9,11-15,17,20,22-24,28,31,34,37,40,44,46-47,49-66H2,1-3H3/b10-7-,19-16-,21-18-,27-25-,30-29-,33-32-,36-35-,39-38-,42-41-,43-26-,48-45-. The molecule has 430 valence electrons. The molecule has 0 saturated heterocycles. The van der Waals surface area contributed by atoms with Gasteiger partial charge in [-0.2, -0.15) is 0 Å². The molecule has 0 aliphatic carbocycles. The third-order valence-corrected chi connectivity index (χ3v) is 12.9. The van der Waals surface area contributed by atoms with Gasteiger partial charge in [-0.25, -0.2) is 0 Å². The summed E-state index contributed by atoms with van der Waals surface area (Å²) in [6, 6.07) is 0. The third kappa shape index (κ3) is 60.4. The van der Waals surface area contributed by atoms with Crippen LogP contribution in [0.5, 0.6) is 0 Å². The van der Waals surface area contributed by atoms with Crippen LogP contribution < -0.4 is 0 Å². The second kappa shape index (κ2) is 63.1. The Morgan fingerprint density at radius 1 is 0.276 bits per heavy atom. The lowest BCUT2D eigenvalue weighted by Crippen LogP contribution is -2.30. The molecule has 1 atom stereocenters. The fraction of sp³-hybridized carbons (Fsp3) is 0.643. The van der Waals surface area contributed by atoms with Gasteiger partial charge in [-0.3, -0.25) is 14.4 Å². The van der Waals surface area contributed by atoms with E-state index in [0.717, 1.165) is 148 Å². The smallest absolute Gasteiger partial charge is 0.306 e. The fourth-order valence-corrected chi connectivity index (χ4v) is 8.19. The Bertz CT molecular complexity index is 1630. The van der Waals surface area contributed by atoms with Gasteiger partial charge in [-0.05, 0) is 141 Å². The van der Waals surface area contributed by atoms with E-state index >= 15 is 0 Å². The van der Waals surface area contributed by atoms with E-state index in [0.29, 0.717) is 19.3 Å². The molecule has 76 heavy (non-hydrogen) atoms. The second-order valence-electron chi connectivity index (χ2n) is 20.2. The van der Waals surface area contributed by atoms with Crippen molar-refractivity contribution >= 4 is 17.9 Å². The summed E-state index contributed by atoms with van der Waals surface area (Å²) in [6.45, 7) is 6.45. The summed E-state index contributed by atoms with van der Waals surface area (Å²) < 4.78 is 16.8. The summed E-state index contributed by atoms with van der Waals surface area (Å²) in [5.74, 6) is -0.951. The second-order valence-corrected chi connectivity index (χ2v) is 20.2. The van der Waals surface area contributed by atoms with Crippen LogP contribution in [-0.4, -0.2) is 37.2 Å². The molecular weight excluding hydrogens is 937 g/mol. The highest BCUT2D eigenvalue weighted by Crippen LogP contribution is 2.14. The Balaban J connectivity index is 4.37. The first-order chi connectivity index (χ1) is 37.5. The quantitative estimate of drug-likeness (QED) is 0.0261. The molecule has 0 radical (unpaired) electrons. The van der Waals surface area contributed by atoms with Crippen LogP contribution in [-0.2, 0) is 28.6 Å². The Labute approximate surface area is 468 Å². The number of hydrogen-bond acceptors (Lipinski definition) is 6. The van der Waals surface area contributed by atoms with Gasteiger partial charge in [0.2, 0.25) is 0 Å². The molecule has 1 unspecified atom stereocenters. The number of ether oxygens (including phenoxy) is 3. The van der Waals surface area contributed by atoms with Crippen LogP contribution in [0, 0.1) is 0 Å². The minimum atomic E-state index is -0.804. The van der Waals surface area contributed by atoms with Gasteiger partial charge in [0, 0.05) is 19.3 Å². The number of unbranched alkanes of at least 4 members (excludes halogenated alkanes) is 22. The monoisotopic (exact) mass is 1050 g/mol. The van der Waals surface area contributed by atoms with Crippen molar-refractivity contribution in [3.8, 4) is 0 Å². The highest BCUT2D eigenvalue weighted by atomic mass is 16.6. The molecular formula is C70H114O6. The summed E-state index contributed by atoms with van der Waals surface area (Å²) >= 11 is 0. The Hall–Kier alpha value is -4.45. The fourth-order valence-electron chi connectivity index (χ4n) is 8.19. The van der Waals surface area contributed by atoms with Crippen LogP contribution >= 0.6 is 0 Å². The number of esters is 3. The Morgan fingerprint density at radius 3 is 0.855 bits per heavy atom. The summed E-state index contributed by atoms with van der Waals surface area (Å²) in [6.07, 6.45) is 88.8. The van der Waals surface area contributed by atoms with E-state index in [1.165, 1.54) is 83.5 Å². The molecule has 6 nitrogen and oxygen atoms in total. The zero-order valence-electron chi connectivity index (χ0n) is 49.2. The summed E-state index contributed by atoms with van der Waals surface area (Å²) in [5.41, 5.74) is 0. The van der Waals surface area contributed by atoms with Crippen LogP contribution in [0.2, 0.25) is 0 Å². The first-order valence-corrected chi connectivity index (χ1v) is 31.2. The molecule has 0 bridgehead atoms. The van der Waals surface area contributed by atoms with Gasteiger partial charge in [0.05, 0.1) is 0 Å². The van der Waals surface area contributed by atoms with Gasteiger partial charge >= 0.3 is 17.9 Å². The molecule has 0 spiro atoms. The molecule has 0 saturated carbocycles. The van der Waals surface area contributed by atoms with E-state index in [-0.39, 0.29) is 31.1 Å². The van der Waals surface area contributed by atoms with E-state index in [2.05, 4.69) is 154 Å². The van der Waals surface area contributed by atoms with Gasteiger partial charge in [-0.15, -0.1) is 0 Å². The zero-order valence-corrected chi connectivity index (χ0v) is 49.2. The number of rotatable bonds is 55. The van der Waals surface area contributed by atoms with Gasteiger partial charge in [0.1, 0.15) is 13.2 Å². The molecule has 0 aromatic carbocycles. The van der Waals surface area contributed by atoms with Crippen molar-refractivity contribution < 1.29 is 28.6 Å². The molecule has 0 aromatic heterocycles. The molecule has 0 aliphatic heterocycles. The lowest BCUT2D eigenvalue weighted by atomic mass is 10.1. The highest BCUT2D eigenvalue weighted by Gasteiger charge is 2.19. The maximum atomic E-state index is 12.9. The van der Waals surface area contributed by atoms with Gasteiger partial charge < -0.3 is 14.2 Å². The van der Waals surface area contributed by atoms with Crippen molar-refractivity contribution in [3.05, 3.63) is 134 Å². The molecule has 0 aromatic rings. The maximum Gasteiger partial charge on any atom is 0.306 e. The van der Waals surface area contributed by atoms with Crippen LogP contribution in [0.4, 0.5) is 0 Å². The van der Waals surface area contributed by atoms with Crippen LogP contribution in [0.1, 0.15) is 271 Å². The lowest BCUT2D eigenvalue weighted by Gasteiger charge is -2.18. The summed E-state index contributed by atoms with van der Waals surface area (Å²) in [4.78, 5) is 38.2. The maximum absolute atomic E-state index is 12.9. The minimum Gasteiger partial charge on any atom is -0.462 e. The zero-order chi connectivity index (χ0) is 55.0. The van der Waals surface area contributed by atoms with E-state index < -0.39 is 6.10 Å². The average Bonchev–Trinajstić information content (AvgIpc) is 3.42. The van der Waals surface area contributed by atoms with Gasteiger partial charge in [-0.1, -0.05) is 244 Å². The van der Waals surface area contributed by atoms with E-state index in [1.807, 2.05) is 0 Å². The van der Waals surface area contributed by atoms with Gasteiger partial charge in [0.15, 0.2) is 6.10 Å². The molecule has 0 heterocycles. The minimum absolute atomic E-state index is 0.0991. The van der Waals surface area contributed by atoms with Gasteiger partial charge in [0.25, 0.3) is 0 Å². The Kier molecular flexibility index (Phi) is 59.4. The van der Waals surface area contributed by atoms with Crippen molar-refractivity contribution in [2.45, 2.75) is 277 Å². The predicted octanol–water partition coefficient (Wildman–Crippen LogP) is 21.4. The third-order valence-electron chi connectivity index (χ3n) is 12.9. The van der Waals surface area contributed by atoms with Crippen LogP contribution in [0.15, 0.2) is 134 Å². The van der Waals surface area contributed by atoms with E-state index in [9.17, 15) is 14.4 Å². The molecule has 0 aliphatic rings. The van der Waals surface area contributed by atoms with Crippen molar-refractivity contribution in [1.29, 1.82) is 0 Å². The number of allylic oxidation sites excluding steroid dienone is 22. The summed E-state index contributed by atoms with van der Waals surface area (Å²) in [7, 11) is 0. The molecule has 0 fully saturated rings. The van der Waals surface area contributed by atoms with Crippen molar-refractivity contribution in [3.63, 3.8) is 0 Å².